The Morgan fingerprint density at radius 2 is 1.78 bits per heavy atom. The third kappa shape index (κ3) is 5.02. The average Bonchev–Trinajstić information content (AvgIpc) is 2.57. The summed E-state index contributed by atoms with van der Waals surface area (Å²) in [7, 11) is 3.17. The molecule has 0 heterocycles. The lowest BCUT2D eigenvalue weighted by molar-refractivity contribution is -0.116. The van der Waals surface area contributed by atoms with Crippen molar-refractivity contribution >= 4 is 11.6 Å². The van der Waals surface area contributed by atoms with Crippen molar-refractivity contribution in [3.63, 3.8) is 0 Å². The summed E-state index contributed by atoms with van der Waals surface area (Å²) in [5, 5.41) is 2.89. The standard InChI is InChI=1S/C19H23NO3/c1-14-7-9-15(10-8-14)5-4-6-19(21)20-17-12-11-16(22-2)13-18(17)23-3/h7-13H,4-6H2,1-3H3,(H,20,21). The molecule has 0 aliphatic heterocycles. The van der Waals surface area contributed by atoms with Gasteiger partial charge in [-0.1, -0.05) is 29.8 Å². The van der Waals surface area contributed by atoms with Crippen molar-refractivity contribution in [3.8, 4) is 11.5 Å². The van der Waals surface area contributed by atoms with E-state index in [0.29, 0.717) is 23.6 Å². The van der Waals surface area contributed by atoms with Crippen LogP contribution in [0.5, 0.6) is 11.5 Å². The highest BCUT2D eigenvalue weighted by molar-refractivity contribution is 5.92. The van der Waals surface area contributed by atoms with Crippen LogP contribution in [-0.4, -0.2) is 20.1 Å². The number of ether oxygens (including phenoxy) is 2. The third-order valence-corrected chi connectivity index (χ3v) is 3.67. The van der Waals surface area contributed by atoms with Crippen molar-refractivity contribution < 1.29 is 14.3 Å². The van der Waals surface area contributed by atoms with Crippen LogP contribution in [0.4, 0.5) is 5.69 Å². The van der Waals surface area contributed by atoms with E-state index in [0.717, 1.165) is 12.8 Å². The topological polar surface area (TPSA) is 47.6 Å². The molecule has 0 bridgehead atoms. The third-order valence-electron chi connectivity index (χ3n) is 3.67. The van der Waals surface area contributed by atoms with E-state index in [4.69, 9.17) is 9.47 Å². The molecule has 122 valence electrons. The molecule has 1 N–H and O–H groups in total. The summed E-state index contributed by atoms with van der Waals surface area (Å²) in [5.41, 5.74) is 3.16. The van der Waals surface area contributed by atoms with E-state index in [-0.39, 0.29) is 5.91 Å². The Morgan fingerprint density at radius 1 is 1.04 bits per heavy atom. The van der Waals surface area contributed by atoms with Crippen molar-refractivity contribution in [2.75, 3.05) is 19.5 Å². The van der Waals surface area contributed by atoms with E-state index in [1.807, 2.05) is 0 Å². The van der Waals surface area contributed by atoms with Gasteiger partial charge in [0.25, 0.3) is 0 Å². The minimum absolute atomic E-state index is 0.0134. The van der Waals surface area contributed by atoms with Gasteiger partial charge in [0.15, 0.2) is 0 Å². The van der Waals surface area contributed by atoms with Crippen LogP contribution < -0.4 is 14.8 Å². The summed E-state index contributed by atoms with van der Waals surface area (Å²) >= 11 is 0. The fourth-order valence-electron chi connectivity index (χ4n) is 2.32. The van der Waals surface area contributed by atoms with Gasteiger partial charge in [0.2, 0.25) is 5.91 Å². The average molecular weight is 313 g/mol. The molecule has 0 saturated carbocycles. The number of rotatable bonds is 7. The maximum Gasteiger partial charge on any atom is 0.224 e. The second-order valence-corrected chi connectivity index (χ2v) is 5.45. The molecule has 2 aromatic rings. The lowest BCUT2D eigenvalue weighted by atomic mass is 10.1. The molecule has 0 aromatic heterocycles. The molecule has 0 unspecified atom stereocenters. The van der Waals surface area contributed by atoms with Crippen LogP contribution in [0.3, 0.4) is 0 Å². The van der Waals surface area contributed by atoms with E-state index in [1.165, 1.54) is 11.1 Å². The lowest BCUT2D eigenvalue weighted by Gasteiger charge is -2.11. The Bertz CT molecular complexity index is 650. The molecule has 2 rings (SSSR count). The highest BCUT2D eigenvalue weighted by Crippen LogP contribution is 2.29. The number of amides is 1. The predicted octanol–water partition coefficient (Wildman–Crippen LogP) is 3.97. The molecule has 0 aliphatic carbocycles. The van der Waals surface area contributed by atoms with Gasteiger partial charge in [0, 0.05) is 12.5 Å². The van der Waals surface area contributed by atoms with E-state index < -0.39 is 0 Å². The van der Waals surface area contributed by atoms with E-state index >= 15 is 0 Å². The summed E-state index contributed by atoms with van der Waals surface area (Å²) in [4.78, 5) is 12.1. The molecule has 0 aliphatic rings. The first kappa shape index (κ1) is 16.9. The number of carbonyl (C=O) groups is 1. The Labute approximate surface area is 137 Å². The van der Waals surface area contributed by atoms with Crippen LogP contribution in [0.25, 0.3) is 0 Å². The number of hydrogen-bond acceptors (Lipinski definition) is 3. The quantitative estimate of drug-likeness (QED) is 0.841. The molecule has 4 heteroatoms. The molecule has 23 heavy (non-hydrogen) atoms. The number of carbonyl (C=O) groups excluding carboxylic acids is 1. The molecule has 0 spiro atoms. The van der Waals surface area contributed by atoms with E-state index in [9.17, 15) is 4.79 Å². The SMILES string of the molecule is COc1ccc(NC(=O)CCCc2ccc(C)cc2)c(OC)c1. The van der Waals surface area contributed by atoms with Crippen LogP contribution in [0.15, 0.2) is 42.5 Å². The van der Waals surface area contributed by atoms with Gasteiger partial charge < -0.3 is 14.8 Å². The normalized spacial score (nSPS) is 10.2. The van der Waals surface area contributed by atoms with Gasteiger partial charge in [-0.15, -0.1) is 0 Å². The molecule has 0 radical (unpaired) electrons. The second-order valence-electron chi connectivity index (χ2n) is 5.45. The number of benzene rings is 2. The fraction of sp³-hybridized carbons (Fsp3) is 0.316. The molecular formula is C19H23NO3. The summed E-state index contributed by atoms with van der Waals surface area (Å²) in [5.74, 6) is 1.27. The summed E-state index contributed by atoms with van der Waals surface area (Å²) in [6, 6.07) is 13.7. The Morgan fingerprint density at radius 3 is 2.43 bits per heavy atom. The molecule has 1 amide bonds. The summed E-state index contributed by atoms with van der Waals surface area (Å²) in [6.45, 7) is 2.07. The van der Waals surface area contributed by atoms with Crippen molar-refractivity contribution in [1.82, 2.24) is 0 Å². The van der Waals surface area contributed by atoms with Crippen LogP contribution >= 0.6 is 0 Å². The number of nitrogens with one attached hydrogen (secondary N) is 1. The van der Waals surface area contributed by atoms with Gasteiger partial charge in [-0.25, -0.2) is 0 Å². The predicted molar refractivity (Wildman–Crippen MR) is 92.3 cm³/mol. The largest absolute Gasteiger partial charge is 0.497 e. The molecule has 0 fully saturated rings. The molecule has 0 atom stereocenters. The first-order valence-electron chi connectivity index (χ1n) is 7.70. The Balaban J connectivity index is 1.86. The van der Waals surface area contributed by atoms with Crippen LogP contribution in [0.1, 0.15) is 24.0 Å². The van der Waals surface area contributed by atoms with E-state index in [1.54, 1.807) is 32.4 Å². The zero-order valence-corrected chi connectivity index (χ0v) is 13.9. The minimum Gasteiger partial charge on any atom is -0.497 e. The molecular weight excluding hydrogens is 290 g/mol. The van der Waals surface area contributed by atoms with Crippen molar-refractivity contribution in [3.05, 3.63) is 53.6 Å². The summed E-state index contributed by atoms with van der Waals surface area (Å²) in [6.07, 6.45) is 2.18. The monoisotopic (exact) mass is 313 g/mol. The van der Waals surface area contributed by atoms with Gasteiger partial charge in [-0.2, -0.15) is 0 Å². The number of methoxy groups -OCH3 is 2. The molecule has 4 nitrogen and oxygen atoms in total. The van der Waals surface area contributed by atoms with Gasteiger partial charge in [-0.3, -0.25) is 4.79 Å². The first-order valence-corrected chi connectivity index (χ1v) is 7.70. The minimum atomic E-state index is -0.0134. The second kappa shape index (κ2) is 8.22. The van der Waals surface area contributed by atoms with Gasteiger partial charge in [0.05, 0.1) is 19.9 Å². The summed E-state index contributed by atoms with van der Waals surface area (Å²) < 4.78 is 10.4. The van der Waals surface area contributed by atoms with Crippen molar-refractivity contribution in [2.45, 2.75) is 26.2 Å². The zero-order valence-electron chi connectivity index (χ0n) is 13.9. The van der Waals surface area contributed by atoms with Crippen molar-refractivity contribution in [2.24, 2.45) is 0 Å². The lowest BCUT2D eigenvalue weighted by Crippen LogP contribution is -2.12. The Hall–Kier alpha value is -2.49. The van der Waals surface area contributed by atoms with E-state index in [2.05, 4.69) is 36.5 Å². The smallest absolute Gasteiger partial charge is 0.224 e. The molecule has 0 saturated heterocycles. The maximum atomic E-state index is 12.1. The van der Waals surface area contributed by atoms with Crippen molar-refractivity contribution in [1.29, 1.82) is 0 Å². The highest BCUT2D eigenvalue weighted by atomic mass is 16.5. The van der Waals surface area contributed by atoms with Crippen LogP contribution in [0, 0.1) is 6.92 Å². The van der Waals surface area contributed by atoms with Crippen LogP contribution in [0.2, 0.25) is 0 Å². The maximum absolute atomic E-state index is 12.1. The highest BCUT2D eigenvalue weighted by Gasteiger charge is 2.09. The van der Waals surface area contributed by atoms with Gasteiger partial charge in [-0.05, 0) is 37.5 Å². The number of anilines is 1. The van der Waals surface area contributed by atoms with Gasteiger partial charge in [0.1, 0.15) is 11.5 Å². The zero-order chi connectivity index (χ0) is 16.7. The first-order chi connectivity index (χ1) is 11.1. The molecule has 2 aromatic carbocycles. The van der Waals surface area contributed by atoms with Gasteiger partial charge >= 0.3 is 0 Å². The Kier molecular flexibility index (Phi) is 6.03. The fourth-order valence-corrected chi connectivity index (χ4v) is 2.32. The van der Waals surface area contributed by atoms with Crippen LogP contribution in [-0.2, 0) is 11.2 Å². The number of aryl methyl sites for hydroxylation is 2. The number of hydrogen-bond donors (Lipinski definition) is 1.